The fourth-order valence-electron chi connectivity index (χ4n) is 1.90. The number of rotatable bonds is 2. The molecule has 1 aromatic heterocycles. The van der Waals surface area contributed by atoms with Crippen molar-refractivity contribution in [2.24, 2.45) is 0 Å². The number of nitrogens with two attached hydrogens (primary N) is 1. The summed E-state index contributed by atoms with van der Waals surface area (Å²) in [7, 11) is 0. The molecular weight excluding hydrogens is 196 g/mol. The first kappa shape index (κ1) is 10.7. The third-order valence-corrected chi connectivity index (χ3v) is 2.81. The van der Waals surface area contributed by atoms with Crippen molar-refractivity contribution in [3.8, 4) is 11.1 Å². The van der Waals surface area contributed by atoms with Crippen LogP contribution in [0.25, 0.3) is 11.1 Å². The monoisotopic (exact) mass is 212 g/mol. The quantitative estimate of drug-likeness (QED) is 0.830. The number of anilines is 1. The van der Waals surface area contributed by atoms with Crippen LogP contribution in [0.5, 0.6) is 0 Å². The van der Waals surface area contributed by atoms with Crippen molar-refractivity contribution in [3.63, 3.8) is 0 Å². The fraction of sp³-hybridized carbons (Fsp3) is 0.214. The molecule has 0 saturated carbocycles. The average Bonchev–Trinajstić information content (AvgIpc) is 2.29. The Bertz CT molecular complexity index is 484. The molecule has 2 heteroatoms. The van der Waals surface area contributed by atoms with Gasteiger partial charge in [0, 0.05) is 11.8 Å². The van der Waals surface area contributed by atoms with Crippen molar-refractivity contribution < 1.29 is 0 Å². The number of aromatic nitrogens is 1. The van der Waals surface area contributed by atoms with Crippen LogP contribution in [0, 0.1) is 6.92 Å². The van der Waals surface area contributed by atoms with Gasteiger partial charge in [-0.1, -0.05) is 31.2 Å². The molecule has 0 amide bonds. The summed E-state index contributed by atoms with van der Waals surface area (Å²) in [6.07, 6.45) is 2.78. The Labute approximate surface area is 96.1 Å². The summed E-state index contributed by atoms with van der Waals surface area (Å²) in [5, 5.41) is 0. The maximum atomic E-state index is 5.93. The zero-order valence-electron chi connectivity index (χ0n) is 9.70. The summed E-state index contributed by atoms with van der Waals surface area (Å²) in [5.74, 6) is 0.605. The fourth-order valence-corrected chi connectivity index (χ4v) is 1.90. The molecular formula is C14H16N2. The van der Waals surface area contributed by atoms with Gasteiger partial charge in [0.2, 0.25) is 0 Å². The van der Waals surface area contributed by atoms with Crippen LogP contribution in [-0.2, 0) is 6.42 Å². The van der Waals surface area contributed by atoms with Gasteiger partial charge < -0.3 is 5.73 Å². The van der Waals surface area contributed by atoms with Crippen molar-refractivity contribution in [3.05, 3.63) is 47.7 Å². The molecule has 2 aromatic rings. The van der Waals surface area contributed by atoms with Crippen LogP contribution in [0.3, 0.4) is 0 Å². The zero-order valence-corrected chi connectivity index (χ0v) is 9.70. The second kappa shape index (κ2) is 4.35. The van der Waals surface area contributed by atoms with Gasteiger partial charge in [0.15, 0.2) is 0 Å². The Morgan fingerprint density at radius 2 is 2.06 bits per heavy atom. The lowest BCUT2D eigenvalue weighted by atomic mass is 9.99. The van der Waals surface area contributed by atoms with Crippen LogP contribution in [0.15, 0.2) is 36.5 Å². The van der Waals surface area contributed by atoms with E-state index in [4.69, 9.17) is 5.73 Å². The highest BCUT2D eigenvalue weighted by molar-refractivity contribution is 5.77. The van der Waals surface area contributed by atoms with E-state index in [1.54, 1.807) is 6.20 Å². The summed E-state index contributed by atoms with van der Waals surface area (Å²) in [6.45, 7) is 4.21. The lowest BCUT2D eigenvalue weighted by Crippen LogP contribution is -1.96. The van der Waals surface area contributed by atoms with E-state index in [1.807, 2.05) is 6.07 Å². The molecule has 0 unspecified atom stereocenters. The van der Waals surface area contributed by atoms with Crippen molar-refractivity contribution in [2.75, 3.05) is 5.73 Å². The second-order valence-corrected chi connectivity index (χ2v) is 3.94. The SMILES string of the molecule is CCc1cccc(-c2c(C)ccnc2N)c1. The first-order chi connectivity index (χ1) is 7.72. The van der Waals surface area contributed by atoms with Gasteiger partial charge in [-0.15, -0.1) is 0 Å². The van der Waals surface area contributed by atoms with Gasteiger partial charge >= 0.3 is 0 Å². The van der Waals surface area contributed by atoms with E-state index >= 15 is 0 Å². The van der Waals surface area contributed by atoms with Crippen molar-refractivity contribution in [2.45, 2.75) is 20.3 Å². The molecule has 0 fully saturated rings. The van der Waals surface area contributed by atoms with Gasteiger partial charge in [-0.25, -0.2) is 4.98 Å². The van der Waals surface area contributed by atoms with Crippen LogP contribution in [0.1, 0.15) is 18.1 Å². The predicted molar refractivity (Wildman–Crippen MR) is 68.2 cm³/mol. The number of benzene rings is 1. The number of hydrogen-bond donors (Lipinski definition) is 1. The number of hydrogen-bond acceptors (Lipinski definition) is 2. The zero-order chi connectivity index (χ0) is 11.5. The predicted octanol–water partition coefficient (Wildman–Crippen LogP) is 3.20. The molecule has 0 bridgehead atoms. The van der Waals surface area contributed by atoms with E-state index in [9.17, 15) is 0 Å². The van der Waals surface area contributed by atoms with E-state index in [0.29, 0.717) is 5.82 Å². The Morgan fingerprint density at radius 1 is 1.25 bits per heavy atom. The molecule has 1 heterocycles. The molecule has 0 radical (unpaired) electrons. The Balaban J connectivity index is 2.58. The lowest BCUT2D eigenvalue weighted by molar-refractivity contribution is 1.14. The first-order valence-electron chi connectivity index (χ1n) is 5.52. The largest absolute Gasteiger partial charge is 0.383 e. The van der Waals surface area contributed by atoms with Gasteiger partial charge in [-0.05, 0) is 36.1 Å². The van der Waals surface area contributed by atoms with Crippen LogP contribution in [0.2, 0.25) is 0 Å². The summed E-state index contributed by atoms with van der Waals surface area (Å²) >= 11 is 0. The van der Waals surface area contributed by atoms with Crippen LogP contribution in [0.4, 0.5) is 5.82 Å². The molecule has 2 rings (SSSR count). The van der Waals surface area contributed by atoms with Gasteiger partial charge in [0.1, 0.15) is 5.82 Å². The molecule has 82 valence electrons. The van der Waals surface area contributed by atoms with E-state index < -0.39 is 0 Å². The van der Waals surface area contributed by atoms with E-state index in [2.05, 4.69) is 43.1 Å². The molecule has 16 heavy (non-hydrogen) atoms. The molecule has 1 aromatic carbocycles. The summed E-state index contributed by atoms with van der Waals surface area (Å²) in [6, 6.07) is 10.5. The second-order valence-electron chi connectivity index (χ2n) is 3.94. The maximum absolute atomic E-state index is 5.93. The Kier molecular flexibility index (Phi) is 2.91. The Morgan fingerprint density at radius 3 is 2.75 bits per heavy atom. The van der Waals surface area contributed by atoms with Gasteiger partial charge in [0.05, 0.1) is 0 Å². The summed E-state index contributed by atoms with van der Waals surface area (Å²) < 4.78 is 0. The van der Waals surface area contributed by atoms with Gasteiger partial charge in [0.25, 0.3) is 0 Å². The summed E-state index contributed by atoms with van der Waals surface area (Å²) in [5.41, 5.74) is 10.6. The average molecular weight is 212 g/mol. The molecule has 2 N–H and O–H groups in total. The smallest absolute Gasteiger partial charge is 0.131 e. The molecule has 0 aliphatic carbocycles. The van der Waals surface area contributed by atoms with Crippen molar-refractivity contribution >= 4 is 5.82 Å². The first-order valence-corrected chi connectivity index (χ1v) is 5.52. The van der Waals surface area contributed by atoms with Crippen molar-refractivity contribution in [1.29, 1.82) is 0 Å². The highest BCUT2D eigenvalue weighted by Gasteiger charge is 2.06. The minimum Gasteiger partial charge on any atom is -0.383 e. The molecule has 0 aliphatic rings. The van der Waals surface area contributed by atoms with Crippen LogP contribution >= 0.6 is 0 Å². The number of pyridine rings is 1. The lowest BCUT2D eigenvalue weighted by Gasteiger charge is -2.09. The normalized spacial score (nSPS) is 10.4. The molecule has 2 nitrogen and oxygen atoms in total. The minimum atomic E-state index is 0.605. The van der Waals surface area contributed by atoms with E-state index in [1.165, 1.54) is 11.1 Å². The molecule has 0 atom stereocenters. The van der Waals surface area contributed by atoms with Gasteiger partial charge in [-0.2, -0.15) is 0 Å². The van der Waals surface area contributed by atoms with Crippen LogP contribution < -0.4 is 5.73 Å². The third kappa shape index (κ3) is 1.91. The number of aryl methyl sites for hydroxylation is 2. The Hall–Kier alpha value is -1.83. The maximum Gasteiger partial charge on any atom is 0.131 e. The summed E-state index contributed by atoms with van der Waals surface area (Å²) in [4.78, 5) is 4.15. The molecule has 0 saturated heterocycles. The molecule has 0 aliphatic heterocycles. The van der Waals surface area contributed by atoms with Gasteiger partial charge in [-0.3, -0.25) is 0 Å². The minimum absolute atomic E-state index is 0.605. The van der Waals surface area contributed by atoms with E-state index in [-0.39, 0.29) is 0 Å². The number of nitrogen functional groups attached to an aromatic ring is 1. The van der Waals surface area contributed by atoms with Crippen molar-refractivity contribution in [1.82, 2.24) is 4.98 Å². The van der Waals surface area contributed by atoms with Crippen LogP contribution in [-0.4, -0.2) is 4.98 Å². The molecule has 0 spiro atoms. The number of nitrogens with zero attached hydrogens (tertiary/aromatic N) is 1. The topological polar surface area (TPSA) is 38.9 Å². The van der Waals surface area contributed by atoms with E-state index in [0.717, 1.165) is 17.5 Å². The standard InChI is InChI=1S/C14H16N2/c1-3-11-5-4-6-12(9-11)13-10(2)7-8-16-14(13)15/h4-9H,3H2,1-2H3,(H2,15,16). The highest BCUT2D eigenvalue weighted by Crippen LogP contribution is 2.28. The third-order valence-electron chi connectivity index (χ3n) is 2.81. The highest BCUT2D eigenvalue weighted by atomic mass is 14.8.